The summed E-state index contributed by atoms with van der Waals surface area (Å²) in [5, 5.41) is 1.17. The van der Waals surface area contributed by atoms with Gasteiger partial charge in [0.15, 0.2) is 0 Å². The average Bonchev–Trinajstić information content (AvgIpc) is 2.06. The summed E-state index contributed by atoms with van der Waals surface area (Å²) in [7, 11) is 0. The van der Waals surface area contributed by atoms with Crippen LogP contribution in [0.2, 0.25) is 0 Å². The first kappa shape index (κ1) is 17.8. The van der Waals surface area contributed by atoms with Gasteiger partial charge in [0, 0.05) is 5.33 Å². The van der Waals surface area contributed by atoms with E-state index in [2.05, 4.69) is 86.6 Å². The molecule has 0 spiro atoms. The maximum Gasteiger partial charge on any atom is 0.0920 e. The molecule has 0 aromatic rings. The fraction of sp³-hybridized carbons (Fsp3) is 1.00. The van der Waals surface area contributed by atoms with Crippen LogP contribution in [-0.2, 0) is 0 Å². The van der Waals surface area contributed by atoms with Gasteiger partial charge in [0.25, 0.3) is 0 Å². The fourth-order valence-corrected chi connectivity index (χ4v) is 0.918. The monoisotopic (exact) mass is 506 g/mol. The molecule has 0 unspecified atom stereocenters. The molecule has 0 aromatic carbocycles. The lowest BCUT2D eigenvalue weighted by molar-refractivity contribution is 0.708. The number of halogens is 5. The number of rotatable bonds is 5. The maximum absolute atomic E-state index is 3.38. The van der Waals surface area contributed by atoms with E-state index in [0.717, 1.165) is 0 Å². The molecule has 0 saturated heterocycles. The molecule has 0 aliphatic heterocycles. The van der Waals surface area contributed by atoms with Crippen molar-refractivity contribution in [2.45, 2.75) is 40.1 Å². The Bertz CT molecular complexity index is 74.6. The van der Waals surface area contributed by atoms with Crippen LogP contribution >= 0.6 is 79.6 Å². The normalized spacial score (nSPS) is 10.2. The number of hydrogen-bond acceptors (Lipinski definition) is 0. The lowest BCUT2D eigenvalue weighted by Crippen LogP contribution is -1.93. The second kappa shape index (κ2) is 14.4. The fourth-order valence-electron chi connectivity index (χ4n) is 0.521. The Hall–Kier alpha value is 2.40. The van der Waals surface area contributed by atoms with Crippen LogP contribution in [0.5, 0.6) is 0 Å². The van der Waals surface area contributed by atoms with Gasteiger partial charge in [0.1, 0.15) is 0 Å². The Balaban J connectivity index is 0. The number of hydrogen-bond donors (Lipinski definition) is 0. The van der Waals surface area contributed by atoms with Gasteiger partial charge in [-0.05, 0) is 6.42 Å². The SMILES string of the molecule is BrC(Br)C(Br)Br.CCCCCCBr. The second-order valence-electron chi connectivity index (χ2n) is 2.42. The summed E-state index contributed by atoms with van der Waals surface area (Å²) < 4.78 is 0.620. The smallest absolute Gasteiger partial charge is 0.0920 e. The molecule has 82 valence electrons. The average molecular weight is 511 g/mol. The van der Waals surface area contributed by atoms with Crippen LogP contribution in [0.1, 0.15) is 32.6 Å². The molecule has 0 aliphatic rings. The van der Waals surface area contributed by atoms with Crippen LogP contribution in [-0.4, -0.2) is 12.8 Å². The highest BCUT2D eigenvalue weighted by atomic mass is 79.9. The Kier molecular flexibility index (Phi) is 19.7. The standard InChI is InChI=1S/C6H13Br.C2H2Br4/c1-2-3-4-5-6-7;3-1(4)2(5)6/h2-6H2,1H3;1-2H. The summed E-state index contributed by atoms with van der Waals surface area (Å²) in [4.78, 5) is 0. The lowest BCUT2D eigenvalue weighted by atomic mass is 10.2. The number of alkyl halides is 5. The van der Waals surface area contributed by atoms with E-state index in [0.29, 0.717) is 7.47 Å². The van der Waals surface area contributed by atoms with Crippen molar-refractivity contribution in [1.82, 2.24) is 0 Å². The Morgan fingerprint density at radius 1 is 0.846 bits per heavy atom. The Morgan fingerprint density at radius 3 is 1.54 bits per heavy atom. The van der Waals surface area contributed by atoms with E-state index < -0.39 is 0 Å². The van der Waals surface area contributed by atoms with Gasteiger partial charge < -0.3 is 0 Å². The van der Waals surface area contributed by atoms with Crippen molar-refractivity contribution < 1.29 is 0 Å². The highest BCUT2D eigenvalue weighted by Gasteiger charge is 2.04. The van der Waals surface area contributed by atoms with Crippen LogP contribution in [0, 0.1) is 0 Å². The molecular formula is C8H15Br5. The predicted octanol–water partition coefficient (Wildman–Crippen LogP) is 6.18. The van der Waals surface area contributed by atoms with E-state index in [1.54, 1.807) is 0 Å². The van der Waals surface area contributed by atoms with E-state index >= 15 is 0 Å². The highest BCUT2D eigenvalue weighted by Crippen LogP contribution is 2.24. The van der Waals surface area contributed by atoms with E-state index in [9.17, 15) is 0 Å². The van der Waals surface area contributed by atoms with Crippen LogP contribution in [0.25, 0.3) is 0 Å². The molecule has 0 nitrogen and oxygen atoms in total. The minimum Gasteiger partial charge on any atom is -0.0928 e. The van der Waals surface area contributed by atoms with Gasteiger partial charge in [-0.3, -0.25) is 0 Å². The molecule has 5 heteroatoms. The Labute approximate surface area is 124 Å². The van der Waals surface area contributed by atoms with Crippen LogP contribution < -0.4 is 0 Å². The van der Waals surface area contributed by atoms with Crippen molar-refractivity contribution in [3.8, 4) is 0 Å². The van der Waals surface area contributed by atoms with Crippen molar-refractivity contribution >= 4 is 79.6 Å². The third kappa shape index (κ3) is 20.5. The summed E-state index contributed by atoms with van der Waals surface area (Å²) in [5.41, 5.74) is 0. The summed E-state index contributed by atoms with van der Waals surface area (Å²) in [5.74, 6) is 0. The molecule has 0 radical (unpaired) electrons. The summed E-state index contributed by atoms with van der Waals surface area (Å²) in [6.45, 7) is 2.23. The molecule has 0 N–H and O–H groups in total. The molecule has 0 aliphatic carbocycles. The van der Waals surface area contributed by atoms with Gasteiger partial charge in [-0.2, -0.15) is 0 Å². The molecule has 0 fully saturated rings. The topological polar surface area (TPSA) is 0 Å². The molecule has 13 heavy (non-hydrogen) atoms. The minimum absolute atomic E-state index is 0.310. The molecule has 0 atom stereocenters. The summed E-state index contributed by atoms with van der Waals surface area (Å²) in [6, 6.07) is 0. The van der Waals surface area contributed by atoms with Crippen molar-refractivity contribution in [2.24, 2.45) is 0 Å². The first-order chi connectivity index (χ1) is 6.06. The highest BCUT2D eigenvalue weighted by molar-refractivity contribution is 9.29. The van der Waals surface area contributed by atoms with Gasteiger partial charge in [0.2, 0.25) is 0 Å². The van der Waals surface area contributed by atoms with Crippen molar-refractivity contribution in [3.05, 3.63) is 0 Å². The van der Waals surface area contributed by atoms with Crippen molar-refractivity contribution in [2.75, 3.05) is 5.33 Å². The lowest BCUT2D eigenvalue weighted by Gasteiger charge is -1.96. The quantitative estimate of drug-likeness (QED) is 0.306. The van der Waals surface area contributed by atoms with E-state index in [-0.39, 0.29) is 0 Å². The van der Waals surface area contributed by atoms with E-state index in [4.69, 9.17) is 0 Å². The molecular weight excluding hydrogens is 496 g/mol. The van der Waals surface area contributed by atoms with E-state index in [1.807, 2.05) is 0 Å². The molecule has 0 aromatic heterocycles. The molecule has 0 bridgehead atoms. The zero-order valence-corrected chi connectivity index (χ0v) is 15.5. The van der Waals surface area contributed by atoms with Crippen LogP contribution in [0.3, 0.4) is 0 Å². The second-order valence-corrected chi connectivity index (χ2v) is 9.62. The third-order valence-electron chi connectivity index (χ3n) is 1.18. The van der Waals surface area contributed by atoms with Crippen LogP contribution in [0.4, 0.5) is 0 Å². The molecule has 0 heterocycles. The maximum atomic E-state index is 3.38. The van der Waals surface area contributed by atoms with Gasteiger partial charge in [-0.1, -0.05) is 106 Å². The molecule has 0 saturated carbocycles. The third-order valence-corrected chi connectivity index (χ3v) is 6.69. The van der Waals surface area contributed by atoms with E-state index in [1.165, 1.54) is 31.0 Å². The first-order valence-corrected chi connectivity index (χ1v) is 8.96. The first-order valence-electron chi connectivity index (χ1n) is 4.18. The zero-order chi connectivity index (χ0) is 10.7. The number of unbranched alkanes of at least 4 members (excludes halogenated alkanes) is 3. The summed E-state index contributed by atoms with van der Waals surface area (Å²) in [6.07, 6.45) is 5.47. The van der Waals surface area contributed by atoms with Gasteiger partial charge in [-0.15, -0.1) is 0 Å². The van der Waals surface area contributed by atoms with Crippen molar-refractivity contribution in [3.63, 3.8) is 0 Å². The largest absolute Gasteiger partial charge is 0.0928 e. The van der Waals surface area contributed by atoms with Gasteiger partial charge >= 0.3 is 0 Å². The molecule has 0 rings (SSSR count). The van der Waals surface area contributed by atoms with Gasteiger partial charge in [-0.25, -0.2) is 0 Å². The van der Waals surface area contributed by atoms with Crippen molar-refractivity contribution in [1.29, 1.82) is 0 Å². The minimum atomic E-state index is 0.310. The Morgan fingerprint density at radius 2 is 1.31 bits per heavy atom. The predicted molar refractivity (Wildman–Crippen MR) is 81.2 cm³/mol. The van der Waals surface area contributed by atoms with Gasteiger partial charge in [0.05, 0.1) is 7.47 Å². The van der Waals surface area contributed by atoms with Crippen LogP contribution in [0.15, 0.2) is 0 Å². The molecule has 0 amide bonds. The zero-order valence-electron chi connectivity index (χ0n) is 7.58. The summed E-state index contributed by atoms with van der Waals surface area (Å²) >= 11 is 16.4.